The molecule has 0 unspecified atom stereocenters. The van der Waals surface area contributed by atoms with Gasteiger partial charge in [0.1, 0.15) is 0 Å². The predicted molar refractivity (Wildman–Crippen MR) is 93.7 cm³/mol. The molecule has 2 aromatic heterocycles. The lowest BCUT2D eigenvalue weighted by Crippen LogP contribution is -2.14. The fourth-order valence-electron chi connectivity index (χ4n) is 2.66. The molecule has 6 heteroatoms. The van der Waals surface area contributed by atoms with Gasteiger partial charge in [-0.2, -0.15) is 9.78 Å². The summed E-state index contributed by atoms with van der Waals surface area (Å²) in [6, 6.07) is 18.9. The molecule has 4 aromatic rings. The highest BCUT2D eigenvalue weighted by atomic mass is 16.5. The van der Waals surface area contributed by atoms with Gasteiger partial charge in [-0.05, 0) is 24.6 Å². The van der Waals surface area contributed by atoms with Crippen LogP contribution in [0, 0.1) is 6.92 Å². The van der Waals surface area contributed by atoms with Crippen molar-refractivity contribution in [2.24, 2.45) is 0 Å². The van der Waals surface area contributed by atoms with E-state index in [1.807, 2.05) is 61.5 Å². The van der Waals surface area contributed by atoms with Crippen LogP contribution >= 0.6 is 0 Å². The van der Waals surface area contributed by atoms with Crippen LogP contribution in [0.5, 0.6) is 5.88 Å². The van der Waals surface area contributed by atoms with Gasteiger partial charge in [0.25, 0.3) is 0 Å². The maximum absolute atomic E-state index is 12.3. The number of para-hydroxylation sites is 2. The van der Waals surface area contributed by atoms with Gasteiger partial charge in [-0.15, -0.1) is 0 Å². The number of carbonyl (C=O) groups is 1. The van der Waals surface area contributed by atoms with E-state index < -0.39 is 0 Å². The first kappa shape index (κ1) is 15.1. The Morgan fingerprint density at radius 2 is 1.88 bits per heavy atom. The Bertz CT molecular complexity index is 1000. The predicted octanol–water partition coefficient (Wildman–Crippen LogP) is 3.21. The lowest BCUT2D eigenvalue weighted by molar-refractivity contribution is -0.134. The molecule has 0 aliphatic carbocycles. The highest BCUT2D eigenvalue weighted by Gasteiger charge is 2.16. The number of esters is 1. The number of imidazole rings is 1. The minimum absolute atomic E-state index is 0.200. The smallest absolute Gasteiger partial charge is 0.316 e. The SMILES string of the molecule is Cc1cc(OC(=O)Cc2ccccc2)n(-c2nc3ccccc3[nH]2)n1. The summed E-state index contributed by atoms with van der Waals surface area (Å²) in [5, 5.41) is 4.38. The maximum Gasteiger partial charge on any atom is 0.316 e. The van der Waals surface area contributed by atoms with Gasteiger partial charge in [0.2, 0.25) is 11.8 Å². The fourth-order valence-corrected chi connectivity index (χ4v) is 2.66. The lowest BCUT2D eigenvalue weighted by Gasteiger charge is -2.05. The van der Waals surface area contributed by atoms with E-state index in [1.165, 1.54) is 4.68 Å². The average Bonchev–Trinajstić information content (AvgIpc) is 3.18. The van der Waals surface area contributed by atoms with E-state index >= 15 is 0 Å². The summed E-state index contributed by atoms with van der Waals surface area (Å²) in [6.07, 6.45) is 0.200. The number of hydrogen-bond acceptors (Lipinski definition) is 4. The van der Waals surface area contributed by atoms with Gasteiger partial charge in [0, 0.05) is 6.07 Å². The Morgan fingerprint density at radius 3 is 2.68 bits per heavy atom. The number of aromatic amines is 1. The average molecular weight is 332 g/mol. The van der Waals surface area contributed by atoms with Gasteiger partial charge in [-0.3, -0.25) is 4.79 Å². The quantitative estimate of drug-likeness (QED) is 0.583. The molecule has 0 saturated carbocycles. The molecule has 0 fully saturated rings. The second-order valence-corrected chi connectivity index (χ2v) is 5.75. The van der Waals surface area contributed by atoms with E-state index in [4.69, 9.17) is 4.74 Å². The molecule has 2 aromatic carbocycles. The summed E-state index contributed by atoms with van der Waals surface area (Å²) in [5.74, 6) is 0.512. The van der Waals surface area contributed by atoms with E-state index in [0.717, 1.165) is 22.3 Å². The molecular formula is C19H16N4O2. The number of nitrogens with zero attached hydrogens (tertiary/aromatic N) is 3. The second kappa shape index (κ2) is 6.24. The summed E-state index contributed by atoms with van der Waals surface area (Å²) >= 11 is 0. The topological polar surface area (TPSA) is 72.8 Å². The minimum atomic E-state index is -0.344. The lowest BCUT2D eigenvalue weighted by atomic mass is 10.2. The Hall–Kier alpha value is -3.41. The van der Waals surface area contributed by atoms with Gasteiger partial charge >= 0.3 is 5.97 Å². The molecule has 0 atom stereocenters. The first-order valence-electron chi connectivity index (χ1n) is 7.95. The third-order valence-corrected chi connectivity index (χ3v) is 3.79. The molecule has 0 amide bonds. The first-order chi connectivity index (χ1) is 12.2. The van der Waals surface area contributed by atoms with Crippen molar-refractivity contribution in [2.45, 2.75) is 13.3 Å². The van der Waals surface area contributed by atoms with Crippen LogP contribution in [0.15, 0.2) is 60.7 Å². The van der Waals surface area contributed by atoms with Crippen LogP contribution in [-0.2, 0) is 11.2 Å². The third kappa shape index (κ3) is 3.14. The zero-order valence-electron chi connectivity index (χ0n) is 13.6. The van der Waals surface area contributed by atoms with E-state index in [1.54, 1.807) is 6.07 Å². The zero-order valence-corrected chi connectivity index (χ0v) is 13.6. The number of carbonyl (C=O) groups excluding carboxylic acids is 1. The number of nitrogens with one attached hydrogen (secondary N) is 1. The van der Waals surface area contributed by atoms with Gasteiger partial charge in [0.15, 0.2) is 0 Å². The fraction of sp³-hybridized carbons (Fsp3) is 0.105. The molecule has 0 saturated heterocycles. The Labute approximate surface area is 144 Å². The van der Waals surface area contributed by atoms with E-state index in [9.17, 15) is 4.79 Å². The van der Waals surface area contributed by atoms with Gasteiger partial charge in [-0.25, -0.2) is 4.98 Å². The highest BCUT2D eigenvalue weighted by molar-refractivity contribution is 5.77. The zero-order chi connectivity index (χ0) is 17.2. The number of benzene rings is 2. The molecule has 4 rings (SSSR count). The van der Waals surface area contributed by atoms with Gasteiger partial charge in [-0.1, -0.05) is 42.5 Å². The third-order valence-electron chi connectivity index (χ3n) is 3.79. The standard InChI is InChI=1S/C19H16N4O2/c1-13-11-17(25-18(24)12-14-7-3-2-4-8-14)23(22-13)19-20-15-9-5-6-10-16(15)21-19/h2-11H,12H2,1H3,(H,20,21). The largest absolute Gasteiger partial charge is 0.407 e. The van der Waals surface area contributed by atoms with Crippen LogP contribution in [-0.4, -0.2) is 25.7 Å². The Morgan fingerprint density at radius 1 is 1.12 bits per heavy atom. The molecule has 0 spiro atoms. The van der Waals surface area contributed by atoms with Crippen molar-refractivity contribution >= 4 is 17.0 Å². The summed E-state index contributed by atoms with van der Waals surface area (Å²) in [6.45, 7) is 1.84. The molecule has 1 N–H and O–H groups in total. The van der Waals surface area contributed by atoms with Crippen molar-refractivity contribution in [3.8, 4) is 11.8 Å². The van der Waals surface area contributed by atoms with Crippen molar-refractivity contribution in [3.63, 3.8) is 0 Å². The Balaban J connectivity index is 1.61. The molecule has 0 aliphatic rings. The first-order valence-corrected chi connectivity index (χ1v) is 7.95. The van der Waals surface area contributed by atoms with Crippen LogP contribution < -0.4 is 4.74 Å². The second-order valence-electron chi connectivity index (χ2n) is 5.75. The number of aryl methyl sites for hydroxylation is 1. The minimum Gasteiger partial charge on any atom is -0.407 e. The van der Waals surface area contributed by atoms with E-state index in [-0.39, 0.29) is 12.4 Å². The molecule has 25 heavy (non-hydrogen) atoms. The van der Waals surface area contributed by atoms with Gasteiger partial charge < -0.3 is 9.72 Å². The molecule has 6 nitrogen and oxygen atoms in total. The molecular weight excluding hydrogens is 316 g/mol. The number of hydrogen-bond donors (Lipinski definition) is 1. The summed E-state index contributed by atoms with van der Waals surface area (Å²) in [7, 11) is 0. The van der Waals surface area contributed by atoms with Crippen LogP contribution in [0.4, 0.5) is 0 Å². The number of H-pyrrole nitrogens is 1. The summed E-state index contributed by atoms with van der Waals surface area (Å²) < 4.78 is 7.03. The summed E-state index contributed by atoms with van der Waals surface area (Å²) in [5.41, 5.74) is 3.36. The van der Waals surface area contributed by atoms with Crippen LogP contribution in [0.25, 0.3) is 17.0 Å². The van der Waals surface area contributed by atoms with Crippen molar-refractivity contribution < 1.29 is 9.53 Å². The molecule has 0 aliphatic heterocycles. The van der Waals surface area contributed by atoms with Crippen molar-refractivity contribution in [2.75, 3.05) is 0 Å². The Kier molecular flexibility index (Phi) is 3.78. The molecule has 124 valence electrons. The normalized spacial score (nSPS) is 10.9. The monoisotopic (exact) mass is 332 g/mol. The summed E-state index contributed by atoms with van der Waals surface area (Å²) in [4.78, 5) is 19.9. The van der Waals surface area contributed by atoms with Crippen LogP contribution in [0.3, 0.4) is 0 Å². The molecule has 0 radical (unpaired) electrons. The number of ether oxygens (including phenoxy) is 1. The van der Waals surface area contributed by atoms with Crippen molar-refractivity contribution in [1.29, 1.82) is 0 Å². The van der Waals surface area contributed by atoms with E-state index in [0.29, 0.717) is 11.8 Å². The van der Waals surface area contributed by atoms with E-state index in [2.05, 4.69) is 15.1 Å². The number of rotatable bonds is 4. The van der Waals surface area contributed by atoms with Gasteiger partial charge in [0.05, 0.1) is 23.1 Å². The number of fused-ring (bicyclic) bond motifs is 1. The highest BCUT2D eigenvalue weighted by Crippen LogP contribution is 2.20. The number of aromatic nitrogens is 4. The molecule has 0 bridgehead atoms. The maximum atomic E-state index is 12.3. The van der Waals surface area contributed by atoms with Crippen molar-refractivity contribution in [3.05, 3.63) is 71.9 Å². The van der Waals surface area contributed by atoms with Crippen LogP contribution in [0.1, 0.15) is 11.3 Å². The van der Waals surface area contributed by atoms with Crippen molar-refractivity contribution in [1.82, 2.24) is 19.7 Å². The molecule has 2 heterocycles. The van der Waals surface area contributed by atoms with Crippen LogP contribution in [0.2, 0.25) is 0 Å².